The van der Waals surface area contributed by atoms with Crippen LogP contribution in [0, 0.1) is 27.9 Å². The van der Waals surface area contributed by atoms with Crippen LogP contribution in [-0.2, 0) is 9.53 Å². The number of esters is 1. The predicted molar refractivity (Wildman–Crippen MR) is 141 cm³/mol. The van der Waals surface area contributed by atoms with Crippen molar-refractivity contribution in [3.8, 4) is 0 Å². The molecule has 2 aromatic rings. The van der Waals surface area contributed by atoms with Gasteiger partial charge in [0.1, 0.15) is 6.10 Å². The number of fused-ring (bicyclic) bond motifs is 2. The number of ether oxygens (including phenoxy) is 1. The molecule has 0 saturated heterocycles. The molecular weight excluding hydrogens is 468 g/mol. The SMILES string of the molecule is CC1=C(C(=O)O[C@H]2C[C@H](C(C)C)CC[C@@H]2C)[C@@H](c2ccccc2[N+](=O)[O-])C2=C(N1)c1ccccc1C2=O. The van der Waals surface area contributed by atoms with Crippen molar-refractivity contribution in [3.63, 3.8) is 0 Å². The van der Waals surface area contributed by atoms with E-state index in [0.29, 0.717) is 39.9 Å². The quantitative estimate of drug-likeness (QED) is 0.300. The number of para-hydroxylation sites is 1. The Hall–Kier alpha value is -3.74. The molecule has 0 radical (unpaired) electrons. The van der Waals surface area contributed by atoms with Crippen LogP contribution in [0.3, 0.4) is 0 Å². The van der Waals surface area contributed by atoms with Gasteiger partial charge in [-0.15, -0.1) is 0 Å². The fourth-order valence-corrected chi connectivity index (χ4v) is 6.09. The molecule has 0 aromatic heterocycles. The number of dihydropyridines is 1. The van der Waals surface area contributed by atoms with Gasteiger partial charge >= 0.3 is 5.97 Å². The van der Waals surface area contributed by atoms with E-state index >= 15 is 0 Å². The molecular formula is C30H32N2O5. The molecule has 0 amide bonds. The maximum atomic E-state index is 13.9. The Balaban J connectivity index is 1.60. The molecule has 7 heteroatoms. The summed E-state index contributed by atoms with van der Waals surface area (Å²) in [6, 6.07) is 13.6. The lowest BCUT2D eigenvalue weighted by Crippen LogP contribution is -2.36. The van der Waals surface area contributed by atoms with Crippen molar-refractivity contribution in [2.75, 3.05) is 0 Å². The van der Waals surface area contributed by atoms with Gasteiger partial charge < -0.3 is 10.1 Å². The number of nitro groups is 1. The Morgan fingerprint density at radius 2 is 1.76 bits per heavy atom. The van der Waals surface area contributed by atoms with E-state index in [9.17, 15) is 19.7 Å². The molecule has 0 spiro atoms. The maximum absolute atomic E-state index is 13.9. The number of carbonyl (C=O) groups excluding carboxylic acids is 2. The lowest BCUT2D eigenvalue weighted by Gasteiger charge is -2.37. The number of nitrogens with one attached hydrogen (secondary N) is 1. The normalized spacial score (nSPS) is 25.1. The Kier molecular flexibility index (Phi) is 6.48. The van der Waals surface area contributed by atoms with Crippen molar-refractivity contribution in [1.29, 1.82) is 0 Å². The lowest BCUT2D eigenvalue weighted by molar-refractivity contribution is -0.385. The van der Waals surface area contributed by atoms with Crippen molar-refractivity contribution in [3.05, 3.63) is 92.2 Å². The van der Waals surface area contributed by atoms with Gasteiger partial charge in [0.15, 0.2) is 5.78 Å². The summed E-state index contributed by atoms with van der Waals surface area (Å²) in [6.45, 7) is 8.26. The summed E-state index contributed by atoms with van der Waals surface area (Å²) in [5.41, 5.74) is 3.19. The first-order valence-electron chi connectivity index (χ1n) is 13.0. The zero-order valence-corrected chi connectivity index (χ0v) is 21.6. The number of allylic oxidation sites excluding steroid dienone is 2. The van der Waals surface area contributed by atoms with Crippen molar-refractivity contribution >= 4 is 23.1 Å². The topological polar surface area (TPSA) is 98.5 Å². The van der Waals surface area contributed by atoms with Crippen molar-refractivity contribution < 1.29 is 19.2 Å². The van der Waals surface area contributed by atoms with Gasteiger partial charge in [0.2, 0.25) is 0 Å². The predicted octanol–water partition coefficient (Wildman–Crippen LogP) is 6.17. The van der Waals surface area contributed by atoms with Crippen LogP contribution in [0.4, 0.5) is 5.69 Å². The fraction of sp³-hybridized carbons (Fsp3) is 0.400. The Bertz CT molecular complexity index is 1360. The summed E-state index contributed by atoms with van der Waals surface area (Å²) in [4.78, 5) is 39.2. The molecule has 2 aromatic carbocycles. The van der Waals surface area contributed by atoms with Crippen LogP contribution < -0.4 is 5.32 Å². The summed E-state index contributed by atoms with van der Waals surface area (Å²) in [5, 5.41) is 15.3. The van der Waals surface area contributed by atoms with Crippen LogP contribution in [0.5, 0.6) is 0 Å². The summed E-state index contributed by atoms with van der Waals surface area (Å²) >= 11 is 0. The Morgan fingerprint density at radius 1 is 1.08 bits per heavy atom. The van der Waals surface area contributed by atoms with Gasteiger partial charge in [-0.05, 0) is 43.9 Å². The minimum atomic E-state index is -0.912. The molecule has 4 atom stereocenters. The number of nitro benzene ring substituents is 1. The molecule has 1 heterocycles. The van der Waals surface area contributed by atoms with Crippen LogP contribution in [0.15, 0.2) is 65.4 Å². The van der Waals surface area contributed by atoms with E-state index in [0.717, 1.165) is 24.8 Å². The number of Topliss-reactive ketones (excluding diaryl/α,β-unsaturated/α-hetero) is 1. The number of rotatable bonds is 5. The third-order valence-electron chi connectivity index (χ3n) is 8.28. The van der Waals surface area contributed by atoms with E-state index in [-0.39, 0.29) is 29.1 Å². The van der Waals surface area contributed by atoms with Gasteiger partial charge in [0.25, 0.3) is 5.69 Å². The number of ketones is 1. The highest BCUT2D eigenvalue weighted by molar-refractivity contribution is 6.23. The molecule has 7 nitrogen and oxygen atoms in total. The van der Waals surface area contributed by atoms with Gasteiger partial charge in [-0.25, -0.2) is 4.79 Å². The first-order valence-corrected chi connectivity index (χ1v) is 13.0. The van der Waals surface area contributed by atoms with E-state index < -0.39 is 16.8 Å². The van der Waals surface area contributed by atoms with E-state index in [2.05, 4.69) is 26.1 Å². The first-order chi connectivity index (χ1) is 17.7. The van der Waals surface area contributed by atoms with E-state index in [1.165, 1.54) is 6.07 Å². The minimum absolute atomic E-state index is 0.131. The smallest absolute Gasteiger partial charge is 0.337 e. The number of hydrogen-bond donors (Lipinski definition) is 1. The minimum Gasteiger partial charge on any atom is -0.459 e. The highest BCUT2D eigenvalue weighted by atomic mass is 16.6. The monoisotopic (exact) mass is 500 g/mol. The van der Waals surface area contributed by atoms with Gasteiger partial charge in [-0.1, -0.05) is 63.2 Å². The Morgan fingerprint density at radius 3 is 2.46 bits per heavy atom. The van der Waals surface area contributed by atoms with E-state index in [1.807, 2.05) is 12.1 Å². The molecule has 1 fully saturated rings. The molecule has 37 heavy (non-hydrogen) atoms. The molecule has 1 aliphatic heterocycles. The summed E-state index contributed by atoms with van der Waals surface area (Å²) in [5.74, 6) is -0.486. The van der Waals surface area contributed by atoms with Gasteiger partial charge in [0.05, 0.1) is 22.1 Å². The van der Waals surface area contributed by atoms with Crippen LogP contribution in [-0.4, -0.2) is 22.8 Å². The molecule has 1 saturated carbocycles. The number of benzene rings is 2. The lowest BCUT2D eigenvalue weighted by atomic mass is 9.75. The van der Waals surface area contributed by atoms with Crippen molar-refractivity contribution in [1.82, 2.24) is 5.32 Å². The number of nitrogens with zero attached hydrogens (tertiary/aromatic N) is 1. The zero-order valence-electron chi connectivity index (χ0n) is 21.6. The Labute approximate surface area is 216 Å². The van der Waals surface area contributed by atoms with E-state index in [1.54, 1.807) is 37.3 Å². The highest BCUT2D eigenvalue weighted by Gasteiger charge is 2.45. The van der Waals surface area contributed by atoms with Crippen molar-refractivity contribution in [2.45, 2.75) is 59.0 Å². The standard InChI is InChI=1S/C30H32N2O5/c1-16(2)19-14-13-17(3)24(15-19)37-30(34)25-18(4)31-28-20-9-5-6-10-21(20)29(33)27(28)26(25)22-11-7-8-12-23(22)32(35)36/h5-12,16-17,19,24,26,31H,13-15H2,1-4H3/t17-,19+,24-,26+/m0/s1. The van der Waals surface area contributed by atoms with Crippen LogP contribution in [0.25, 0.3) is 5.70 Å². The molecule has 2 aliphatic carbocycles. The molecule has 1 N–H and O–H groups in total. The summed E-state index contributed by atoms with van der Waals surface area (Å²) in [7, 11) is 0. The van der Waals surface area contributed by atoms with Crippen LogP contribution in [0.2, 0.25) is 0 Å². The largest absolute Gasteiger partial charge is 0.459 e. The molecule has 3 aliphatic rings. The second-order valence-corrected chi connectivity index (χ2v) is 10.8. The molecule has 192 valence electrons. The van der Waals surface area contributed by atoms with Gasteiger partial charge in [0, 0.05) is 34.0 Å². The molecule has 5 rings (SSSR count). The van der Waals surface area contributed by atoms with E-state index in [4.69, 9.17) is 4.74 Å². The summed E-state index contributed by atoms with van der Waals surface area (Å²) in [6.07, 6.45) is 2.64. The molecule has 0 unspecified atom stereocenters. The van der Waals surface area contributed by atoms with Crippen LogP contribution in [0.1, 0.15) is 74.4 Å². The van der Waals surface area contributed by atoms with Gasteiger partial charge in [-0.3, -0.25) is 14.9 Å². The van der Waals surface area contributed by atoms with Gasteiger partial charge in [-0.2, -0.15) is 0 Å². The van der Waals surface area contributed by atoms with Crippen molar-refractivity contribution in [2.24, 2.45) is 17.8 Å². The first kappa shape index (κ1) is 24.9. The zero-order chi connectivity index (χ0) is 26.4. The maximum Gasteiger partial charge on any atom is 0.337 e. The number of hydrogen-bond acceptors (Lipinski definition) is 6. The summed E-state index contributed by atoms with van der Waals surface area (Å²) < 4.78 is 6.17. The number of carbonyl (C=O) groups is 2. The third-order valence-corrected chi connectivity index (χ3v) is 8.28. The third kappa shape index (κ3) is 4.26. The molecule has 0 bridgehead atoms. The average molecular weight is 501 g/mol. The second kappa shape index (κ2) is 9.61. The average Bonchev–Trinajstić information content (AvgIpc) is 3.15. The highest BCUT2D eigenvalue weighted by Crippen LogP contribution is 2.49. The second-order valence-electron chi connectivity index (χ2n) is 10.8. The van der Waals surface area contributed by atoms with Crippen LogP contribution >= 0.6 is 0 Å². The fourth-order valence-electron chi connectivity index (χ4n) is 6.09.